The Bertz CT molecular complexity index is 546. The van der Waals surface area contributed by atoms with E-state index in [1.165, 1.54) is 4.68 Å². The van der Waals surface area contributed by atoms with E-state index in [2.05, 4.69) is 15.4 Å². The number of aliphatic hydroxyl groups is 1. The first-order valence-electron chi connectivity index (χ1n) is 5.45. The summed E-state index contributed by atoms with van der Waals surface area (Å²) < 4.78 is 12.2. The zero-order valence-electron chi connectivity index (χ0n) is 9.02. The van der Waals surface area contributed by atoms with E-state index in [-0.39, 0.29) is 18.1 Å². The number of nitrogens with zero attached hydrogens (tertiary/aromatic N) is 4. The number of nitro groups is 1. The van der Waals surface area contributed by atoms with Crippen LogP contribution in [-0.2, 0) is 9.47 Å². The van der Waals surface area contributed by atoms with Gasteiger partial charge < -0.3 is 30.0 Å². The second kappa shape index (κ2) is 2.96. The summed E-state index contributed by atoms with van der Waals surface area (Å²) >= 11 is 0. The van der Waals surface area contributed by atoms with Gasteiger partial charge in [-0.2, -0.15) is 0 Å². The summed E-state index contributed by atoms with van der Waals surface area (Å²) in [6, 6.07) is -0.314. The molecule has 0 spiro atoms. The summed E-state index contributed by atoms with van der Waals surface area (Å²) in [4.78, 5) is 13.7. The molecule has 10 nitrogen and oxygen atoms in total. The monoisotopic (exact) mass is 255 g/mol. The molecule has 4 rings (SSSR count). The first-order chi connectivity index (χ1) is 8.57. The minimum absolute atomic E-state index is 0.171. The van der Waals surface area contributed by atoms with Crippen molar-refractivity contribution in [2.45, 2.75) is 30.6 Å². The van der Waals surface area contributed by atoms with Gasteiger partial charge >= 0.3 is 11.9 Å². The topological polar surface area (TPSA) is 125 Å². The summed E-state index contributed by atoms with van der Waals surface area (Å²) in [5, 5.41) is 27.6. The Morgan fingerprint density at radius 3 is 3.28 bits per heavy atom. The molecule has 2 N–H and O–H groups in total. The van der Waals surface area contributed by atoms with Crippen LogP contribution in [0.25, 0.3) is 0 Å². The van der Waals surface area contributed by atoms with Crippen LogP contribution in [-0.4, -0.2) is 49.5 Å². The van der Waals surface area contributed by atoms with Gasteiger partial charge in [-0.3, -0.25) is 0 Å². The highest BCUT2D eigenvalue weighted by Gasteiger charge is 2.59. The molecule has 1 aromatic heterocycles. The SMILES string of the molecule is O=[N+]([O-])c1nc2n(n1)C1C[C@@](O)(N2)[C@@H]2OC[C@H]1O2. The quantitative estimate of drug-likeness (QED) is 0.483. The van der Waals surface area contributed by atoms with Crippen molar-refractivity contribution in [1.29, 1.82) is 0 Å². The molecule has 18 heavy (non-hydrogen) atoms. The maximum atomic E-state index is 10.7. The van der Waals surface area contributed by atoms with Crippen LogP contribution >= 0.6 is 0 Å². The molecule has 3 aliphatic rings. The van der Waals surface area contributed by atoms with E-state index in [1.54, 1.807) is 0 Å². The van der Waals surface area contributed by atoms with Gasteiger partial charge in [0.15, 0.2) is 5.72 Å². The third-order valence-corrected chi connectivity index (χ3v) is 3.48. The lowest BCUT2D eigenvalue weighted by molar-refractivity contribution is -0.394. The molecule has 3 aliphatic heterocycles. The number of ether oxygens (including phenoxy) is 2. The molecular formula is C8H9N5O5. The van der Waals surface area contributed by atoms with E-state index in [1.807, 2.05) is 0 Å². The molecule has 2 fully saturated rings. The molecule has 2 saturated heterocycles. The Hall–Kier alpha value is -1.78. The summed E-state index contributed by atoms with van der Waals surface area (Å²) in [5.41, 5.74) is -1.41. The molecule has 0 amide bonds. The lowest BCUT2D eigenvalue weighted by Crippen LogP contribution is -2.58. The molecule has 1 aromatic rings. The summed E-state index contributed by atoms with van der Waals surface area (Å²) in [7, 11) is 0. The minimum Gasteiger partial charge on any atom is -0.390 e. The average Bonchev–Trinajstić information content (AvgIpc) is 2.90. The van der Waals surface area contributed by atoms with Gasteiger partial charge in [0.25, 0.3) is 0 Å². The number of fused-ring (bicyclic) bond motifs is 8. The van der Waals surface area contributed by atoms with E-state index in [0.717, 1.165) is 0 Å². The molecule has 0 saturated carbocycles. The lowest BCUT2D eigenvalue weighted by atomic mass is 9.95. The average molecular weight is 255 g/mol. The highest BCUT2D eigenvalue weighted by molar-refractivity contribution is 5.37. The molecule has 4 bridgehead atoms. The molecule has 0 aliphatic carbocycles. The number of hydrogen-bond donors (Lipinski definition) is 2. The van der Waals surface area contributed by atoms with E-state index < -0.39 is 22.9 Å². The van der Waals surface area contributed by atoms with Gasteiger partial charge in [-0.25, -0.2) is 0 Å². The van der Waals surface area contributed by atoms with E-state index in [0.29, 0.717) is 13.0 Å². The maximum Gasteiger partial charge on any atom is 0.493 e. The van der Waals surface area contributed by atoms with Crippen LogP contribution in [0.5, 0.6) is 0 Å². The maximum absolute atomic E-state index is 10.7. The molecule has 96 valence electrons. The Labute approximate surface area is 99.7 Å². The van der Waals surface area contributed by atoms with Crippen LogP contribution in [0.4, 0.5) is 11.9 Å². The molecule has 4 atom stereocenters. The lowest BCUT2D eigenvalue weighted by Gasteiger charge is -2.42. The van der Waals surface area contributed by atoms with Crippen molar-refractivity contribution in [1.82, 2.24) is 14.8 Å². The van der Waals surface area contributed by atoms with E-state index in [9.17, 15) is 15.2 Å². The Balaban J connectivity index is 1.84. The fourth-order valence-electron chi connectivity index (χ4n) is 2.67. The second-order valence-corrected chi connectivity index (χ2v) is 4.60. The molecule has 0 radical (unpaired) electrons. The number of aromatic nitrogens is 3. The van der Waals surface area contributed by atoms with Gasteiger partial charge in [0.2, 0.25) is 6.29 Å². The van der Waals surface area contributed by atoms with Gasteiger partial charge in [-0.1, -0.05) is 0 Å². The molecule has 10 heteroatoms. The second-order valence-electron chi connectivity index (χ2n) is 4.60. The number of anilines is 1. The summed E-state index contributed by atoms with van der Waals surface area (Å²) in [6.45, 7) is 0.326. The minimum atomic E-state index is -1.41. The smallest absolute Gasteiger partial charge is 0.390 e. The molecule has 0 aromatic carbocycles. The predicted molar refractivity (Wildman–Crippen MR) is 53.5 cm³/mol. The van der Waals surface area contributed by atoms with Crippen molar-refractivity contribution in [3.8, 4) is 0 Å². The zero-order valence-corrected chi connectivity index (χ0v) is 9.02. The van der Waals surface area contributed by atoms with Gasteiger partial charge in [0.05, 0.1) is 6.61 Å². The highest BCUT2D eigenvalue weighted by atomic mass is 16.7. The molecule has 1 unspecified atom stereocenters. The summed E-state index contributed by atoms with van der Waals surface area (Å²) in [6.07, 6.45) is -0.726. The van der Waals surface area contributed by atoms with Crippen molar-refractivity contribution in [3.63, 3.8) is 0 Å². The Morgan fingerprint density at radius 2 is 2.50 bits per heavy atom. The first kappa shape index (κ1) is 10.2. The van der Waals surface area contributed by atoms with Crippen LogP contribution in [0.1, 0.15) is 12.5 Å². The zero-order chi connectivity index (χ0) is 12.5. The Morgan fingerprint density at radius 1 is 1.67 bits per heavy atom. The van der Waals surface area contributed by atoms with Crippen LogP contribution in [0, 0.1) is 10.1 Å². The normalized spacial score (nSPS) is 40.2. The highest BCUT2D eigenvalue weighted by Crippen LogP contribution is 2.45. The van der Waals surface area contributed by atoms with E-state index >= 15 is 0 Å². The van der Waals surface area contributed by atoms with Crippen molar-refractivity contribution >= 4 is 11.9 Å². The van der Waals surface area contributed by atoms with Gasteiger partial charge in [0, 0.05) is 11.5 Å². The molecular weight excluding hydrogens is 246 g/mol. The Kier molecular flexibility index (Phi) is 1.68. The van der Waals surface area contributed by atoms with Crippen molar-refractivity contribution in [3.05, 3.63) is 10.1 Å². The van der Waals surface area contributed by atoms with Crippen LogP contribution < -0.4 is 5.32 Å². The van der Waals surface area contributed by atoms with Gasteiger partial charge in [0.1, 0.15) is 12.1 Å². The first-order valence-corrected chi connectivity index (χ1v) is 5.45. The largest absolute Gasteiger partial charge is 0.493 e. The van der Waals surface area contributed by atoms with Gasteiger partial charge in [-0.15, -0.1) is 4.68 Å². The van der Waals surface area contributed by atoms with Crippen molar-refractivity contribution in [2.24, 2.45) is 0 Å². The standard InChI is InChI=1S/C8H9N5O5/c14-8-1-3(4-2-17-5(8)18-4)12-6(10-8)9-7(11-12)13(15)16/h3-5,14H,1-2H2,(H,9,10,11)/t3?,4-,5-,8+/m1/s1. The third kappa shape index (κ3) is 1.11. The fraction of sp³-hybridized carbons (Fsp3) is 0.750. The fourth-order valence-corrected chi connectivity index (χ4v) is 2.67. The number of hydrogen-bond acceptors (Lipinski definition) is 8. The number of rotatable bonds is 1. The van der Waals surface area contributed by atoms with Gasteiger partial charge in [-0.05, 0) is 9.91 Å². The third-order valence-electron chi connectivity index (χ3n) is 3.48. The van der Waals surface area contributed by atoms with Crippen molar-refractivity contribution < 1.29 is 19.5 Å². The van der Waals surface area contributed by atoms with E-state index in [4.69, 9.17) is 9.47 Å². The van der Waals surface area contributed by atoms with Crippen molar-refractivity contribution in [2.75, 3.05) is 11.9 Å². The molecule has 4 heterocycles. The predicted octanol–water partition coefficient (Wildman–Crippen LogP) is -1.01. The van der Waals surface area contributed by atoms with Crippen LogP contribution in [0.15, 0.2) is 0 Å². The summed E-state index contributed by atoms with van der Waals surface area (Å²) in [5.74, 6) is -0.324. The van der Waals surface area contributed by atoms with Crippen LogP contribution in [0.2, 0.25) is 0 Å². The van der Waals surface area contributed by atoms with Crippen LogP contribution in [0.3, 0.4) is 0 Å². The number of nitrogens with one attached hydrogen (secondary N) is 1.